The smallest absolute Gasteiger partial charge is 0.255 e. The van der Waals surface area contributed by atoms with Crippen LogP contribution in [0.5, 0.6) is 0 Å². The molecule has 3 rings (SSSR count). The highest BCUT2D eigenvalue weighted by atomic mass is 32.2. The lowest BCUT2D eigenvalue weighted by Gasteiger charge is -2.29. The van der Waals surface area contributed by atoms with Crippen LogP contribution in [0.4, 0.5) is 0 Å². The van der Waals surface area contributed by atoms with Crippen molar-refractivity contribution in [3.05, 3.63) is 57.3 Å². The van der Waals surface area contributed by atoms with E-state index < -0.39 is 0 Å². The first-order valence-electron chi connectivity index (χ1n) is 8.34. The van der Waals surface area contributed by atoms with Gasteiger partial charge in [-0.05, 0) is 24.0 Å². The van der Waals surface area contributed by atoms with Crippen LogP contribution in [0.3, 0.4) is 0 Å². The number of hydrogen-bond acceptors (Lipinski definition) is 4. The summed E-state index contributed by atoms with van der Waals surface area (Å²) >= 11 is 1.75. The Morgan fingerprint density at radius 3 is 2.58 bits per heavy atom. The third kappa shape index (κ3) is 3.73. The second-order valence-electron chi connectivity index (χ2n) is 7.40. The van der Waals surface area contributed by atoms with Crippen molar-refractivity contribution in [1.82, 2.24) is 14.9 Å². The van der Waals surface area contributed by atoms with E-state index in [4.69, 9.17) is 4.98 Å². The molecule has 0 bridgehead atoms. The lowest BCUT2D eigenvalue weighted by atomic mass is 9.95. The molecule has 1 aromatic heterocycles. The van der Waals surface area contributed by atoms with Crippen molar-refractivity contribution < 1.29 is 0 Å². The van der Waals surface area contributed by atoms with E-state index in [9.17, 15) is 4.79 Å². The first kappa shape index (κ1) is 17.2. The van der Waals surface area contributed by atoms with Gasteiger partial charge >= 0.3 is 0 Å². The van der Waals surface area contributed by atoms with E-state index in [1.165, 1.54) is 10.5 Å². The van der Waals surface area contributed by atoms with Gasteiger partial charge in [-0.1, -0.05) is 32.9 Å². The molecule has 0 unspecified atom stereocenters. The first-order chi connectivity index (χ1) is 11.4. The van der Waals surface area contributed by atoms with E-state index in [0.29, 0.717) is 6.54 Å². The van der Waals surface area contributed by atoms with Gasteiger partial charge in [0.05, 0.1) is 11.3 Å². The first-order valence-corrected chi connectivity index (χ1v) is 9.57. The maximum atomic E-state index is 12.5. The number of thioether (sulfide) groups is 1. The largest absolute Gasteiger partial charge is 0.310 e. The number of rotatable bonds is 3. The Morgan fingerprint density at radius 2 is 1.96 bits per heavy atom. The van der Waals surface area contributed by atoms with Crippen molar-refractivity contribution in [3.63, 3.8) is 0 Å². The number of aromatic nitrogens is 2. The molecule has 0 atom stereocenters. The van der Waals surface area contributed by atoms with Gasteiger partial charge in [0.1, 0.15) is 5.82 Å². The molecule has 1 aliphatic heterocycles. The molecular weight excluding hydrogens is 318 g/mol. The van der Waals surface area contributed by atoms with Crippen molar-refractivity contribution in [2.24, 2.45) is 0 Å². The molecule has 1 aromatic carbocycles. The number of nitrogens with one attached hydrogen (secondary N) is 1. The number of H-pyrrole nitrogens is 1. The zero-order chi connectivity index (χ0) is 17.3. The van der Waals surface area contributed by atoms with Crippen molar-refractivity contribution in [3.8, 4) is 0 Å². The van der Waals surface area contributed by atoms with Crippen LogP contribution in [-0.2, 0) is 24.9 Å². The fraction of sp³-hybridized carbons (Fsp3) is 0.474. The standard InChI is InChI=1S/C19H25N3OS/c1-19(2,3)18-20-16-9-10-22(12-15(16)17(23)21-18)11-13-5-7-14(24-4)8-6-13/h5-8H,9-12H2,1-4H3,(H,20,21,23). The fourth-order valence-electron chi connectivity index (χ4n) is 2.96. The van der Waals surface area contributed by atoms with E-state index in [1.807, 2.05) is 0 Å². The third-order valence-corrected chi connectivity index (χ3v) is 5.17. The van der Waals surface area contributed by atoms with Crippen LogP contribution >= 0.6 is 11.8 Å². The van der Waals surface area contributed by atoms with Crippen LogP contribution in [0.25, 0.3) is 0 Å². The van der Waals surface area contributed by atoms with Gasteiger partial charge in [-0.15, -0.1) is 11.8 Å². The van der Waals surface area contributed by atoms with Gasteiger partial charge < -0.3 is 4.98 Å². The average Bonchev–Trinajstić information content (AvgIpc) is 2.55. The summed E-state index contributed by atoms with van der Waals surface area (Å²) < 4.78 is 0. The molecule has 0 spiro atoms. The molecule has 128 valence electrons. The molecule has 0 amide bonds. The molecule has 0 saturated heterocycles. The van der Waals surface area contributed by atoms with E-state index in [2.05, 4.69) is 61.2 Å². The van der Waals surface area contributed by atoms with Gasteiger partial charge in [-0.2, -0.15) is 0 Å². The van der Waals surface area contributed by atoms with Gasteiger partial charge in [0.15, 0.2) is 0 Å². The van der Waals surface area contributed by atoms with Crippen LogP contribution in [-0.4, -0.2) is 27.7 Å². The lowest BCUT2D eigenvalue weighted by Crippen LogP contribution is -2.37. The van der Waals surface area contributed by atoms with Crippen LogP contribution in [0.15, 0.2) is 34.0 Å². The summed E-state index contributed by atoms with van der Waals surface area (Å²) in [6.07, 6.45) is 2.92. The summed E-state index contributed by atoms with van der Waals surface area (Å²) in [4.78, 5) is 23.8. The molecule has 24 heavy (non-hydrogen) atoms. The normalized spacial score (nSPS) is 15.3. The predicted octanol–water partition coefficient (Wildman–Crippen LogP) is 3.35. The Bertz CT molecular complexity index is 775. The molecule has 1 N–H and O–H groups in total. The number of nitrogens with zero attached hydrogens (tertiary/aromatic N) is 2. The zero-order valence-electron chi connectivity index (χ0n) is 14.8. The predicted molar refractivity (Wildman–Crippen MR) is 99.6 cm³/mol. The van der Waals surface area contributed by atoms with Crippen LogP contribution in [0.2, 0.25) is 0 Å². The van der Waals surface area contributed by atoms with Crippen molar-refractivity contribution in [2.75, 3.05) is 12.8 Å². The SMILES string of the molecule is CSc1ccc(CN2CCc3nc(C(C)(C)C)[nH]c(=O)c3C2)cc1. The summed E-state index contributed by atoms with van der Waals surface area (Å²) in [6.45, 7) is 8.71. The zero-order valence-corrected chi connectivity index (χ0v) is 15.7. The van der Waals surface area contributed by atoms with Gasteiger partial charge in [0.25, 0.3) is 5.56 Å². The minimum atomic E-state index is -0.135. The summed E-state index contributed by atoms with van der Waals surface area (Å²) in [7, 11) is 0. The Balaban J connectivity index is 1.78. The van der Waals surface area contributed by atoms with E-state index in [1.54, 1.807) is 11.8 Å². The molecule has 2 heterocycles. The van der Waals surface area contributed by atoms with Crippen LogP contribution in [0, 0.1) is 0 Å². The Labute approximate surface area is 147 Å². The number of hydrogen-bond donors (Lipinski definition) is 1. The minimum absolute atomic E-state index is 0.0207. The Kier molecular flexibility index (Phi) is 4.83. The number of fused-ring (bicyclic) bond motifs is 1. The van der Waals surface area contributed by atoms with Crippen LogP contribution in [0.1, 0.15) is 43.4 Å². The molecule has 2 aromatic rings. The van der Waals surface area contributed by atoms with Gasteiger partial charge in [0, 0.05) is 36.4 Å². The highest BCUT2D eigenvalue weighted by Gasteiger charge is 2.24. The highest BCUT2D eigenvalue weighted by molar-refractivity contribution is 7.98. The molecule has 0 fully saturated rings. The van der Waals surface area contributed by atoms with Crippen LogP contribution < -0.4 is 5.56 Å². The molecule has 0 radical (unpaired) electrons. The molecule has 0 saturated carbocycles. The minimum Gasteiger partial charge on any atom is -0.310 e. The topological polar surface area (TPSA) is 49.0 Å². The Hall–Kier alpha value is -1.59. The lowest BCUT2D eigenvalue weighted by molar-refractivity contribution is 0.241. The quantitative estimate of drug-likeness (QED) is 0.868. The number of benzene rings is 1. The molecule has 0 aliphatic carbocycles. The maximum absolute atomic E-state index is 12.5. The summed E-state index contributed by atoms with van der Waals surface area (Å²) in [5.74, 6) is 0.785. The fourth-order valence-corrected chi connectivity index (χ4v) is 3.37. The number of aromatic amines is 1. The Morgan fingerprint density at radius 1 is 1.25 bits per heavy atom. The average molecular weight is 343 g/mol. The van der Waals surface area contributed by atoms with E-state index >= 15 is 0 Å². The second-order valence-corrected chi connectivity index (χ2v) is 8.28. The molecule has 4 nitrogen and oxygen atoms in total. The molecular formula is C19H25N3OS. The van der Waals surface area contributed by atoms with Gasteiger partial charge in [-0.3, -0.25) is 9.69 Å². The van der Waals surface area contributed by atoms with Crippen molar-refractivity contribution in [2.45, 2.75) is 50.6 Å². The van der Waals surface area contributed by atoms with E-state index in [0.717, 1.165) is 36.6 Å². The molecule has 1 aliphatic rings. The van der Waals surface area contributed by atoms with Crippen molar-refractivity contribution in [1.29, 1.82) is 0 Å². The van der Waals surface area contributed by atoms with Crippen molar-refractivity contribution >= 4 is 11.8 Å². The second kappa shape index (κ2) is 6.73. The third-order valence-electron chi connectivity index (χ3n) is 4.42. The summed E-state index contributed by atoms with van der Waals surface area (Å²) in [5, 5.41) is 0. The van der Waals surface area contributed by atoms with E-state index in [-0.39, 0.29) is 11.0 Å². The maximum Gasteiger partial charge on any atom is 0.255 e. The van der Waals surface area contributed by atoms with Gasteiger partial charge in [-0.25, -0.2) is 4.98 Å². The van der Waals surface area contributed by atoms with Gasteiger partial charge in [0.2, 0.25) is 0 Å². The monoisotopic (exact) mass is 343 g/mol. The highest BCUT2D eigenvalue weighted by Crippen LogP contribution is 2.22. The summed E-state index contributed by atoms with van der Waals surface area (Å²) in [5.41, 5.74) is 2.97. The molecule has 5 heteroatoms. The summed E-state index contributed by atoms with van der Waals surface area (Å²) in [6, 6.07) is 8.66.